The SMILES string of the molecule is CN/C(=C\C=N)C1CCCCN1C(=O)C(=O)Nc1cncc(C(N)=O)c1. The molecule has 1 aliphatic rings. The molecule has 0 aromatic carbocycles. The summed E-state index contributed by atoms with van der Waals surface area (Å²) in [6.07, 6.45) is 7.77. The lowest BCUT2D eigenvalue weighted by Crippen LogP contribution is -2.50. The van der Waals surface area contributed by atoms with Gasteiger partial charge in [0.05, 0.1) is 23.5 Å². The van der Waals surface area contributed by atoms with Gasteiger partial charge in [-0.15, -0.1) is 0 Å². The number of rotatable bonds is 5. The first kappa shape index (κ1) is 19.1. The lowest BCUT2D eigenvalue weighted by atomic mass is 9.98. The number of nitrogens with two attached hydrogens (primary N) is 1. The molecule has 5 N–H and O–H groups in total. The molecule has 1 aliphatic heterocycles. The highest BCUT2D eigenvalue weighted by Gasteiger charge is 2.32. The van der Waals surface area contributed by atoms with Crippen LogP contribution in [-0.4, -0.2) is 53.5 Å². The van der Waals surface area contributed by atoms with Gasteiger partial charge in [0.1, 0.15) is 0 Å². The number of carbonyl (C=O) groups excluding carboxylic acids is 3. The van der Waals surface area contributed by atoms with Gasteiger partial charge in [0.25, 0.3) is 0 Å². The third-order valence-corrected chi connectivity index (χ3v) is 4.15. The summed E-state index contributed by atoms with van der Waals surface area (Å²) < 4.78 is 0. The van der Waals surface area contributed by atoms with E-state index in [0.29, 0.717) is 18.7 Å². The number of anilines is 1. The van der Waals surface area contributed by atoms with Gasteiger partial charge in [-0.2, -0.15) is 0 Å². The first-order valence-electron chi connectivity index (χ1n) is 8.23. The van der Waals surface area contributed by atoms with Crippen LogP contribution >= 0.6 is 0 Å². The summed E-state index contributed by atoms with van der Waals surface area (Å²) in [6.45, 7) is 0.452. The Kier molecular flexibility index (Phi) is 6.42. The third-order valence-electron chi connectivity index (χ3n) is 4.15. The van der Waals surface area contributed by atoms with Crippen molar-refractivity contribution in [3.05, 3.63) is 35.8 Å². The van der Waals surface area contributed by atoms with Crippen molar-refractivity contribution in [1.29, 1.82) is 5.41 Å². The Bertz CT molecular complexity index is 746. The highest BCUT2D eigenvalue weighted by Crippen LogP contribution is 2.22. The molecule has 1 unspecified atom stereocenters. The van der Waals surface area contributed by atoms with E-state index in [9.17, 15) is 14.4 Å². The van der Waals surface area contributed by atoms with Gasteiger partial charge in [0.15, 0.2) is 0 Å². The number of hydrogen-bond acceptors (Lipinski definition) is 6. The van der Waals surface area contributed by atoms with Gasteiger partial charge in [0.2, 0.25) is 5.91 Å². The fourth-order valence-electron chi connectivity index (χ4n) is 2.91. The summed E-state index contributed by atoms with van der Waals surface area (Å²) in [5, 5.41) is 12.7. The van der Waals surface area contributed by atoms with Crippen LogP contribution in [0.3, 0.4) is 0 Å². The predicted molar refractivity (Wildman–Crippen MR) is 96.7 cm³/mol. The zero-order valence-corrected chi connectivity index (χ0v) is 14.5. The van der Waals surface area contributed by atoms with Crippen molar-refractivity contribution in [2.75, 3.05) is 18.9 Å². The van der Waals surface area contributed by atoms with Gasteiger partial charge in [0, 0.05) is 31.7 Å². The quantitative estimate of drug-likeness (QED) is 0.441. The molecule has 0 bridgehead atoms. The van der Waals surface area contributed by atoms with Crippen LogP contribution in [0.1, 0.15) is 29.6 Å². The summed E-state index contributed by atoms with van der Waals surface area (Å²) in [5.74, 6) is -2.16. The minimum atomic E-state index is -0.814. The molecule has 0 saturated carbocycles. The van der Waals surface area contributed by atoms with Gasteiger partial charge in [-0.1, -0.05) is 0 Å². The van der Waals surface area contributed by atoms with Crippen molar-refractivity contribution in [3.8, 4) is 0 Å². The zero-order chi connectivity index (χ0) is 19.1. The minimum Gasteiger partial charge on any atom is -0.390 e. The molecule has 0 aliphatic carbocycles. The summed E-state index contributed by atoms with van der Waals surface area (Å²) in [7, 11) is 1.72. The van der Waals surface area contributed by atoms with E-state index in [4.69, 9.17) is 11.1 Å². The number of aromatic nitrogens is 1. The number of likely N-dealkylation sites (N-methyl/N-ethyl adjacent to an activating group) is 1. The maximum atomic E-state index is 12.6. The summed E-state index contributed by atoms with van der Waals surface area (Å²) >= 11 is 0. The van der Waals surface area contributed by atoms with Crippen molar-refractivity contribution >= 4 is 29.6 Å². The smallest absolute Gasteiger partial charge is 0.313 e. The molecule has 0 spiro atoms. The van der Waals surface area contributed by atoms with E-state index >= 15 is 0 Å². The Morgan fingerprint density at radius 3 is 2.77 bits per heavy atom. The number of primary amides is 1. The average molecular weight is 358 g/mol. The maximum absolute atomic E-state index is 12.6. The van der Waals surface area contributed by atoms with E-state index in [1.165, 1.54) is 23.4 Å². The van der Waals surface area contributed by atoms with Crippen molar-refractivity contribution in [2.24, 2.45) is 5.73 Å². The Balaban J connectivity index is 2.16. The minimum absolute atomic E-state index is 0.137. The van der Waals surface area contributed by atoms with Crippen LogP contribution in [0.25, 0.3) is 0 Å². The molecule has 1 fully saturated rings. The molecule has 26 heavy (non-hydrogen) atoms. The third kappa shape index (κ3) is 4.44. The number of hydrogen-bond donors (Lipinski definition) is 4. The lowest BCUT2D eigenvalue weighted by Gasteiger charge is -2.36. The molecular formula is C17H22N6O3. The number of likely N-dealkylation sites (tertiary alicyclic amines) is 1. The van der Waals surface area contributed by atoms with E-state index in [-0.39, 0.29) is 17.3 Å². The van der Waals surface area contributed by atoms with Gasteiger partial charge in [-0.25, -0.2) is 0 Å². The normalized spacial score (nSPS) is 17.3. The summed E-state index contributed by atoms with van der Waals surface area (Å²) in [6, 6.07) is 1.08. The number of pyridine rings is 1. The number of nitrogens with one attached hydrogen (secondary N) is 3. The van der Waals surface area contributed by atoms with E-state index in [1.807, 2.05) is 0 Å². The average Bonchev–Trinajstić information content (AvgIpc) is 2.65. The van der Waals surface area contributed by atoms with Crippen LogP contribution in [-0.2, 0) is 9.59 Å². The van der Waals surface area contributed by atoms with Gasteiger partial charge >= 0.3 is 11.8 Å². The lowest BCUT2D eigenvalue weighted by molar-refractivity contribution is -0.145. The van der Waals surface area contributed by atoms with Crippen molar-refractivity contribution in [2.45, 2.75) is 25.3 Å². The molecule has 1 aromatic rings. The Morgan fingerprint density at radius 1 is 1.35 bits per heavy atom. The first-order chi connectivity index (χ1) is 12.5. The number of allylic oxidation sites excluding steroid dienone is 1. The molecule has 9 nitrogen and oxygen atoms in total. The topological polar surface area (TPSA) is 141 Å². The fraction of sp³-hybridized carbons (Fsp3) is 0.353. The van der Waals surface area contributed by atoms with E-state index in [0.717, 1.165) is 19.1 Å². The number of carbonyl (C=O) groups is 3. The molecule has 9 heteroatoms. The molecule has 1 aromatic heterocycles. The second-order valence-electron chi connectivity index (χ2n) is 5.83. The van der Waals surface area contributed by atoms with Crippen LogP contribution in [0.2, 0.25) is 0 Å². The van der Waals surface area contributed by atoms with Crippen LogP contribution in [0, 0.1) is 5.41 Å². The highest BCUT2D eigenvalue weighted by atomic mass is 16.2. The zero-order valence-electron chi connectivity index (χ0n) is 14.5. The van der Waals surface area contributed by atoms with E-state index in [1.54, 1.807) is 13.1 Å². The fourth-order valence-corrected chi connectivity index (χ4v) is 2.91. The maximum Gasteiger partial charge on any atom is 0.313 e. The molecule has 138 valence electrons. The number of nitrogens with zero attached hydrogens (tertiary/aromatic N) is 2. The van der Waals surface area contributed by atoms with Gasteiger partial charge in [-0.3, -0.25) is 19.4 Å². The molecule has 0 radical (unpaired) electrons. The van der Waals surface area contributed by atoms with E-state index < -0.39 is 17.7 Å². The van der Waals surface area contributed by atoms with Crippen LogP contribution in [0.4, 0.5) is 5.69 Å². The second-order valence-corrected chi connectivity index (χ2v) is 5.83. The Hall–Kier alpha value is -3.23. The monoisotopic (exact) mass is 358 g/mol. The van der Waals surface area contributed by atoms with Crippen molar-refractivity contribution in [3.63, 3.8) is 0 Å². The molecule has 2 rings (SSSR count). The predicted octanol–water partition coefficient (Wildman–Crippen LogP) is 0.253. The molecule has 3 amide bonds. The highest BCUT2D eigenvalue weighted by molar-refractivity contribution is 6.39. The largest absolute Gasteiger partial charge is 0.390 e. The van der Waals surface area contributed by atoms with Gasteiger partial charge < -0.3 is 26.7 Å². The van der Waals surface area contributed by atoms with Crippen molar-refractivity contribution < 1.29 is 14.4 Å². The second kappa shape index (κ2) is 8.75. The Morgan fingerprint density at radius 2 is 2.12 bits per heavy atom. The van der Waals surface area contributed by atoms with Gasteiger partial charge in [-0.05, 0) is 31.4 Å². The standard InChI is InChI=1S/C17H22N6O3/c1-20-13(5-6-18)14-4-2-3-7-23(14)17(26)16(25)22-12-8-11(15(19)24)9-21-10-12/h5-6,8-10,14,18,20H,2-4,7H2,1H3,(H2,19,24)(H,22,25)/b13-5-,18-6?. The van der Waals surface area contributed by atoms with Crippen LogP contribution in [0.5, 0.6) is 0 Å². The molecule has 2 heterocycles. The van der Waals surface area contributed by atoms with E-state index in [2.05, 4.69) is 15.6 Å². The number of amides is 3. The molecular weight excluding hydrogens is 336 g/mol. The number of piperidine rings is 1. The van der Waals surface area contributed by atoms with Crippen LogP contribution in [0.15, 0.2) is 30.2 Å². The first-order valence-corrected chi connectivity index (χ1v) is 8.23. The molecule has 1 atom stereocenters. The summed E-state index contributed by atoms with van der Waals surface area (Å²) in [5.41, 5.74) is 6.25. The Labute approximate surface area is 151 Å². The summed E-state index contributed by atoms with van der Waals surface area (Å²) in [4.78, 5) is 41.5. The van der Waals surface area contributed by atoms with Crippen molar-refractivity contribution in [1.82, 2.24) is 15.2 Å². The molecule has 1 saturated heterocycles. The van der Waals surface area contributed by atoms with Crippen LogP contribution < -0.4 is 16.4 Å².